The van der Waals surface area contributed by atoms with Crippen molar-refractivity contribution in [3.05, 3.63) is 21.2 Å². The van der Waals surface area contributed by atoms with Crippen LogP contribution in [0.2, 0.25) is 0 Å². The van der Waals surface area contributed by atoms with Crippen molar-refractivity contribution in [2.24, 2.45) is 0 Å². The molecule has 0 aliphatic carbocycles. The van der Waals surface area contributed by atoms with E-state index in [0.29, 0.717) is 16.8 Å². The Bertz CT molecular complexity index is 432. The molecule has 0 fully saturated rings. The van der Waals surface area contributed by atoms with Crippen molar-refractivity contribution in [1.29, 1.82) is 0 Å². The Morgan fingerprint density at radius 2 is 2.38 bits per heavy atom. The van der Waals surface area contributed by atoms with Gasteiger partial charge in [-0.05, 0) is 15.9 Å². The van der Waals surface area contributed by atoms with E-state index in [0.717, 1.165) is 0 Å². The number of carbonyl (C=O) groups excluding carboxylic acids is 1. The summed E-state index contributed by atoms with van der Waals surface area (Å²) in [6, 6.07) is 0. The zero-order chi connectivity index (χ0) is 12.1. The van der Waals surface area contributed by atoms with Crippen LogP contribution in [0.4, 0.5) is 5.82 Å². The molecule has 7 heteroatoms. The lowest BCUT2D eigenvalue weighted by molar-refractivity contribution is -0.140. The fraction of sp³-hybridized carbons (Fsp3) is 0.444. The van der Waals surface area contributed by atoms with Crippen LogP contribution >= 0.6 is 15.9 Å². The quantitative estimate of drug-likeness (QED) is 0.819. The molecule has 0 aromatic carbocycles. The zero-order valence-corrected chi connectivity index (χ0v) is 10.6. The van der Waals surface area contributed by atoms with Gasteiger partial charge in [0.25, 0.3) is 5.56 Å². The lowest BCUT2D eigenvalue weighted by Crippen LogP contribution is -2.25. The number of ether oxygens (including phenoxy) is 1. The molecule has 6 nitrogen and oxygen atoms in total. The second kappa shape index (κ2) is 5.64. The Morgan fingerprint density at radius 1 is 1.69 bits per heavy atom. The van der Waals surface area contributed by atoms with Gasteiger partial charge in [-0.3, -0.25) is 9.59 Å². The van der Waals surface area contributed by atoms with Crippen LogP contribution in [0.3, 0.4) is 0 Å². The molecule has 88 valence electrons. The smallest absolute Gasteiger partial charge is 0.307 e. The maximum Gasteiger partial charge on any atom is 0.307 e. The van der Waals surface area contributed by atoms with Gasteiger partial charge in [-0.25, -0.2) is 4.98 Å². The van der Waals surface area contributed by atoms with Crippen LogP contribution in [0.5, 0.6) is 0 Å². The minimum Gasteiger partial charge on any atom is -0.469 e. The SMILES string of the molecule is COC(=O)CCN(C)c1nc[nH]c(=O)c1Br. The van der Waals surface area contributed by atoms with Crippen molar-refractivity contribution in [2.45, 2.75) is 6.42 Å². The van der Waals surface area contributed by atoms with Crippen LogP contribution in [0.15, 0.2) is 15.6 Å². The number of nitrogens with one attached hydrogen (secondary N) is 1. The lowest BCUT2D eigenvalue weighted by atomic mass is 10.4. The Kier molecular flexibility index (Phi) is 4.48. The highest BCUT2D eigenvalue weighted by Crippen LogP contribution is 2.17. The summed E-state index contributed by atoms with van der Waals surface area (Å²) in [7, 11) is 3.08. The standard InChI is InChI=1S/C9H12BrN3O3/c1-13(4-3-6(14)16-2)8-7(10)9(15)12-5-11-8/h5H,3-4H2,1-2H3,(H,11,12,15). The van der Waals surface area contributed by atoms with Crippen molar-refractivity contribution in [2.75, 3.05) is 25.6 Å². The first-order valence-corrected chi connectivity index (χ1v) is 5.36. The monoisotopic (exact) mass is 289 g/mol. The number of anilines is 1. The fourth-order valence-corrected chi connectivity index (χ4v) is 1.63. The van der Waals surface area contributed by atoms with E-state index >= 15 is 0 Å². The molecule has 0 saturated heterocycles. The number of aromatic nitrogens is 2. The van der Waals surface area contributed by atoms with E-state index in [2.05, 4.69) is 30.6 Å². The molecule has 1 N–H and O–H groups in total. The van der Waals surface area contributed by atoms with Gasteiger partial charge in [-0.15, -0.1) is 0 Å². The van der Waals surface area contributed by atoms with Crippen molar-refractivity contribution in [3.63, 3.8) is 0 Å². The number of hydrogen-bond donors (Lipinski definition) is 1. The molecule has 0 saturated carbocycles. The van der Waals surface area contributed by atoms with Gasteiger partial charge in [0, 0.05) is 13.6 Å². The molecule has 0 bridgehead atoms. The number of H-pyrrole nitrogens is 1. The first-order chi connectivity index (χ1) is 7.56. The normalized spacial score (nSPS) is 9.94. The van der Waals surface area contributed by atoms with Gasteiger partial charge < -0.3 is 14.6 Å². The highest BCUT2D eigenvalue weighted by Gasteiger charge is 2.11. The molecule has 1 aromatic heterocycles. The third kappa shape index (κ3) is 3.06. The van der Waals surface area contributed by atoms with Gasteiger partial charge >= 0.3 is 5.97 Å². The number of aromatic amines is 1. The summed E-state index contributed by atoms with van der Waals surface area (Å²) in [5, 5.41) is 0. The Balaban J connectivity index is 2.73. The Morgan fingerprint density at radius 3 is 3.00 bits per heavy atom. The van der Waals surface area contributed by atoms with E-state index < -0.39 is 0 Å². The summed E-state index contributed by atoms with van der Waals surface area (Å²) >= 11 is 3.14. The van der Waals surface area contributed by atoms with Gasteiger partial charge in [0.2, 0.25) is 0 Å². The number of methoxy groups -OCH3 is 1. The molecule has 0 atom stereocenters. The number of nitrogens with zero attached hydrogens (tertiary/aromatic N) is 2. The second-order valence-electron chi connectivity index (χ2n) is 3.12. The van der Waals surface area contributed by atoms with E-state index in [1.165, 1.54) is 13.4 Å². The third-order valence-electron chi connectivity index (χ3n) is 2.02. The van der Waals surface area contributed by atoms with E-state index in [-0.39, 0.29) is 17.9 Å². The van der Waals surface area contributed by atoms with Gasteiger partial charge in [-0.2, -0.15) is 0 Å². The Labute approximate surface area is 101 Å². The van der Waals surface area contributed by atoms with Crippen LogP contribution in [-0.4, -0.2) is 36.6 Å². The highest BCUT2D eigenvalue weighted by atomic mass is 79.9. The molecule has 0 spiro atoms. The van der Waals surface area contributed by atoms with Gasteiger partial charge in [0.1, 0.15) is 10.3 Å². The Hall–Kier alpha value is -1.37. The van der Waals surface area contributed by atoms with Gasteiger partial charge in [-0.1, -0.05) is 0 Å². The molecular weight excluding hydrogens is 278 g/mol. The van der Waals surface area contributed by atoms with Gasteiger partial charge in [0.15, 0.2) is 0 Å². The summed E-state index contributed by atoms with van der Waals surface area (Å²) in [5.74, 6) is 0.195. The molecule has 0 aliphatic heterocycles. The molecular formula is C9H12BrN3O3. The predicted octanol–water partition coefficient (Wildman–Crippen LogP) is 0.532. The minimum absolute atomic E-state index is 0.244. The van der Waals surface area contributed by atoms with Crippen molar-refractivity contribution in [3.8, 4) is 0 Å². The van der Waals surface area contributed by atoms with Crippen molar-refractivity contribution in [1.82, 2.24) is 9.97 Å². The molecule has 0 unspecified atom stereocenters. The zero-order valence-electron chi connectivity index (χ0n) is 8.99. The number of esters is 1. The van der Waals surface area contributed by atoms with Gasteiger partial charge in [0.05, 0.1) is 19.9 Å². The minimum atomic E-state index is -0.298. The third-order valence-corrected chi connectivity index (χ3v) is 2.73. The number of rotatable bonds is 4. The fourth-order valence-electron chi connectivity index (χ4n) is 1.11. The average Bonchev–Trinajstić information content (AvgIpc) is 2.29. The van der Waals surface area contributed by atoms with E-state index in [1.54, 1.807) is 11.9 Å². The lowest BCUT2D eigenvalue weighted by Gasteiger charge is -2.17. The number of carbonyl (C=O) groups is 1. The predicted molar refractivity (Wildman–Crippen MR) is 62.5 cm³/mol. The van der Waals surface area contributed by atoms with E-state index in [4.69, 9.17) is 0 Å². The molecule has 0 aliphatic rings. The topological polar surface area (TPSA) is 75.3 Å². The maximum atomic E-state index is 11.3. The summed E-state index contributed by atoms with van der Waals surface area (Å²) in [5.41, 5.74) is -0.255. The van der Waals surface area contributed by atoms with E-state index in [1.807, 2.05) is 0 Å². The molecule has 0 radical (unpaired) electrons. The summed E-state index contributed by atoms with van der Waals surface area (Å²) in [6.45, 7) is 0.432. The molecule has 1 rings (SSSR count). The summed E-state index contributed by atoms with van der Waals surface area (Å²) < 4.78 is 4.87. The molecule has 16 heavy (non-hydrogen) atoms. The first-order valence-electron chi connectivity index (χ1n) is 4.57. The average molecular weight is 290 g/mol. The number of halogens is 1. The van der Waals surface area contributed by atoms with Crippen molar-refractivity contribution < 1.29 is 9.53 Å². The van der Waals surface area contributed by atoms with Crippen LogP contribution in [-0.2, 0) is 9.53 Å². The van der Waals surface area contributed by atoms with E-state index in [9.17, 15) is 9.59 Å². The first kappa shape index (κ1) is 12.7. The van der Waals surface area contributed by atoms with Crippen LogP contribution in [0, 0.1) is 0 Å². The maximum absolute atomic E-state index is 11.3. The van der Waals surface area contributed by atoms with Crippen molar-refractivity contribution >= 4 is 27.7 Å². The molecule has 1 heterocycles. The molecule has 1 aromatic rings. The summed E-state index contributed by atoms with van der Waals surface area (Å²) in [4.78, 5) is 30.4. The second-order valence-corrected chi connectivity index (χ2v) is 3.91. The number of hydrogen-bond acceptors (Lipinski definition) is 5. The highest BCUT2D eigenvalue weighted by molar-refractivity contribution is 9.10. The van der Waals surface area contributed by atoms with Crippen LogP contribution in [0.1, 0.15) is 6.42 Å². The molecule has 0 amide bonds. The summed E-state index contributed by atoms with van der Waals surface area (Å²) in [6.07, 6.45) is 1.56. The van der Waals surface area contributed by atoms with Crippen LogP contribution in [0.25, 0.3) is 0 Å². The largest absolute Gasteiger partial charge is 0.469 e. The van der Waals surface area contributed by atoms with Crippen LogP contribution < -0.4 is 10.5 Å².